The van der Waals surface area contributed by atoms with Crippen molar-refractivity contribution in [2.75, 3.05) is 6.54 Å². The van der Waals surface area contributed by atoms with Crippen molar-refractivity contribution in [1.29, 1.82) is 0 Å². The van der Waals surface area contributed by atoms with Crippen LogP contribution >= 0.6 is 11.6 Å². The van der Waals surface area contributed by atoms with Gasteiger partial charge in [-0.25, -0.2) is 0 Å². The molecule has 0 spiro atoms. The molecule has 3 N–H and O–H groups in total. The second-order valence-electron chi connectivity index (χ2n) is 3.36. The monoisotopic (exact) mass is 184 g/mol. The van der Waals surface area contributed by atoms with Crippen LogP contribution in [0.5, 0.6) is 0 Å². The smallest absolute Gasteiger partial charge is 0.109 e. The summed E-state index contributed by atoms with van der Waals surface area (Å²) >= 11 is 5.98. The van der Waals surface area contributed by atoms with E-state index in [9.17, 15) is 0 Å². The van der Waals surface area contributed by atoms with E-state index >= 15 is 0 Å². The van der Waals surface area contributed by atoms with Crippen LogP contribution in [0.3, 0.4) is 0 Å². The third-order valence-corrected chi connectivity index (χ3v) is 3.01. The lowest BCUT2D eigenvalue weighted by Gasteiger charge is -2.20. The summed E-state index contributed by atoms with van der Waals surface area (Å²) in [6.07, 6.45) is 5.53. The maximum absolute atomic E-state index is 5.98. The van der Waals surface area contributed by atoms with Crippen molar-refractivity contribution in [3.05, 3.63) is 22.5 Å². The van der Waals surface area contributed by atoms with E-state index < -0.39 is 0 Å². The lowest BCUT2D eigenvalue weighted by Crippen LogP contribution is -2.16. The largest absolute Gasteiger partial charge is 0.352 e. The topological polar surface area (TPSA) is 41.8 Å². The van der Waals surface area contributed by atoms with Crippen LogP contribution in [0.1, 0.15) is 29.9 Å². The summed E-state index contributed by atoms with van der Waals surface area (Å²) in [5, 5.41) is 0.808. The number of aromatic amines is 1. The maximum atomic E-state index is 5.98. The van der Waals surface area contributed by atoms with Gasteiger partial charge in [0, 0.05) is 6.20 Å². The highest BCUT2D eigenvalue weighted by Gasteiger charge is 2.21. The first-order valence-electron chi connectivity index (χ1n) is 4.38. The van der Waals surface area contributed by atoms with E-state index in [0.717, 1.165) is 18.1 Å². The van der Waals surface area contributed by atoms with Gasteiger partial charge < -0.3 is 10.7 Å². The molecule has 0 radical (unpaired) electrons. The van der Waals surface area contributed by atoms with Crippen LogP contribution < -0.4 is 5.73 Å². The van der Waals surface area contributed by atoms with E-state index in [1.807, 2.05) is 6.20 Å². The molecule has 3 heteroatoms. The Morgan fingerprint density at radius 2 is 2.50 bits per heavy atom. The van der Waals surface area contributed by atoms with E-state index in [1.54, 1.807) is 0 Å². The van der Waals surface area contributed by atoms with Gasteiger partial charge in [-0.15, -0.1) is 0 Å². The number of nitrogens with two attached hydrogens (primary N) is 1. The fraction of sp³-hybridized carbons (Fsp3) is 0.556. The average Bonchev–Trinajstić information content (AvgIpc) is 2.48. The van der Waals surface area contributed by atoms with E-state index in [-0.39, 0.29) is 0 Å². The first-order chi connectivity index (χ1) is 5.83. The van der Waals surface area contributed by atoms with Crippen molar-refractivity contribution >= 4 is 11.6 Å². The summed E-state index contributed by atoms with van der Waals surface area (Å²) in [7, 11) is 0. The van der Waals surface area contributed by atoms with Crippen molar-refractivity contribution in [1.82, 2.24) is 4.98 Å². The van der Waals surface area contributed by atoms with Gasteiger partial charge in [0.2, 0.25) is 0 Å². The lowest BCUT2D eigenvalue weighted by atomic mass is 9.86. The number of halogens is 1. The minimum Gasteiger partial charge on any atom is -0.352 e. The molecule has 1 aliphatic carbocycles. The second kappa shape index (κ2) is 3.11. The Labute approximate surface area is 77.1 Å². The molecule has 1 aromatic heterocycles. The van der Waals surface area contributed by atoms with Crippen molar-refractivity contribution in [3.8, 4) is 0 Å². The zero-order valence-corrected chi connectivity index (χ0v) is 7.69. The van der Waals surface area contributed by atoms with Gasteiger partial charge in [-0.2, -0.15) is 0 Å². The molecule has 0 aliphatic heterocycles. The number of H-pyrrole nitrogens is 1. The van der Waals surface area contributed by atoms with Crippen LogP contribution in [0.15, 0.2) is 6.20 Å². The van der Waals surface area contributed by atoms with E-state index in [1.165, 1.54) is 24.0 Å². The van der Waals surface area contributed by atoms with Crippen molar-refractivity contribution in [2.45, 2.75) is 25.2 Å². The Balaban J connectivity index is 2.38. The molecule has 0 fully saturated rings. The molecule has 2 nitrogen and oxygen atoms in total. The molecule has 0 aromatic carbocycles. The predicted molar refractivity (Wildman–Crippen MR) is 50.5 cm³/mol. The summed E-state index contributed by atoms with van der Waals surface area (Å²) in [5.74, 6) is 0.525. The number of aromatic nitrogens is 1. The summed E-state index contributed by atoms with van der Waals surface area (Å²) < 4.78 is 0. The Kier molecular flexibility index (Phi) is 2.11. The minimum atomic E-state index is 0.525. The number of fused-ring (bicyclic) bond motifs is 1. The fourth-order valence-corrected chi connectivity index (χ4v) is 2.24. The third kappa shape index (κ3) is 1.15. The maximum Gasteiger partial charge on any atom is 0.109 e. The third-order valence-electron chi connectivity index (χ3n) is 2.67. The number of nitrogens with one attached hydrogen (secondary N) is 1. The Bertz CT molecular complexity index is 280. The molecule has 0 bridgehead atoms. The van der Waals surface area contributed by atoms with Gasteiger partial charge in [0.1, 0.15) is 5.15 Å². The number of hydrogen-bond donors (Lipinski definition) is 2. The van der Waals surface area contributed by atoms with Crippen molar-refractivity contribution < 1.29 is 0 Å². The van der Waals surface area contributed by atoms with Crippen LogP contribution in [-0.4, -0.2) is 11.5 Å². The second-order valence-corrected chi connectivity index (χ2v) is 3.74. The van der Waals surface area contributed by atoms with E-state index in [0.29, 0.717) is 5.92 Å². The molecule has 0 saturated heterocycles. The standard InChI is InChI=1S/C9H13ClN2/c10-9-7-3-1-2-6(4-11)8(7)5-12-9/h5-6,12H,1-4,11H2. The Hall–Kier alpha value is -0.470. The molecule has 66 valence electrons. The summed E-state index contributed by atoms with van der Waals surface area (Å²) in [5.41, 5.74) is 8.30. The van der Waals surface area contributed by atoms with Gasteiger partial charge >= 0.3 is 0 Å². The number of rotatable bonds is 1. The van der Waals surface area contributed by atoms with Crippen LogP contribution in [-0.2, 0) is 6.42 Å². The van der Waals surface area contributed by atoms with Crippen LogP contribution in [0.4, 0.5) is 0 Å². The van der Waals surface area contributed by atoms with Crippen molar-refractivity contribution in [2.24, 2.45) is 5.73 Å². The summed E-state index contributed by atoms with van der Waals surface area (Å²) in [4.78, 5) is 3.05. The van der Waals surface area contributed by atoms with Gasteiger partial charge in [0.25, 0.3) is 0 Å². The molecule has 0 amide bonds. The Morgan fingerprint density at radius 3 is 3.25 bits per heavy atom. The predicted octanol–water partition coefficient (Wildman–Crippen LogP) is 2.05. The highest BCUT2D eigenvalue weighted by atomic mass is 35.5. The first kappa shape index (κ1) is 8.14. The van der Waals surface area contributed by atoms with Crippen LogP contribution in [0.25, 0.3) is 0 Å². The molecule has 1 aromatic rings. The first-order valence-corrected chi connectivity index (χ1v) is 4.76. The quantitative estimate of drug-likeness (QED) is 0.689. The molecule has 12 heavy (non-hydrogen) atoms. The fourth-order valence-electron chi connectivity index (χ4n) is 1.99. The molecule has 0 saturated carbocycles. The Morgan fingerprint density at radius 1 is 1.67 bits per heavy atom. The van der Waals surface area contributed by atoms with E-state index in [2.05, 4.69) is 4.98 Å². The average molecular weight is 185 g/mol. The van der Waals surface area contributed by atoms with Gasteiger partial charge in [-0.3, -0.25) is 0 Å². The van der Waals surface area contributed by atoms with Gasteiger partial charge in [0.05, 0.1) is 0 Å². The van der Waals surface area contributed by atoms with Crippen LogP contribution in [0.2, 0.25) is 5.15 Å². The molecular formula is C9H13ClN2. The van der Waals surface area contributed by atoms with Gasteiger partial charge in [0.15, 0.2) is 0 Å². The van der Waals surface area contributed by atoms with Crippen LogP contribution in [0, 0.1) is 0 Å². The molecule has 2 rings (SSSR count). The molecular weight excluding hydrogens is 172 g/mol. The summed E-state index contributed by atoms with van der Waals surface area (Å²) in [6.45, 7) is 0.737. The molecule has 1 heterocycles. The normalized spacial score (nSPS) is 22.3. The summed E-state index contributed by atoms with van der Waals surface area (Å²) in [6, 6.07) is 0. The van der Waals surface area contributed by atoms with Crippen molar-refractivity contribution in [3.63, 3.8) is 0 Å². The zero-order chi connectivity index (χ0) is 8.55. The molecule has 1 unspecified atom stereocenters. The van der Waals surface area contributed by atoms with Gasteiger partial charge in [-0.1, -0.05) is 11.6 Å². The van der Waals surface area contributed by atoms with Gasteiger partial charge in [-0.05, 0) is 42.9 Å². The highest BCUT2D eigenvalue weighted by molar-refractivity contribution is 6.30. The highest BCUT2D eigenvalue weighted by Crippen LogP contribution is 2.34. The zero-order valence-electron chi connectivity index (χ0n) is 6.94. The SMILES string of the molecule is NCC1CCCc2c1c[nH]c2Cl. The lowest BCUT2D eigenvalue weighted by molar-refractivity contribution is 0.564. The molecule has 1 aliphatic rings. The minimum absolute atomic E-state index is 0.525. The van der Waals surface area contributed by atoms with E-state index in [4.69, 9.17) is 17.3 Å². The number of hydrogen-bond acceptors (Lipinski definition) is 1. The molecule has 1 atom stereocenters.